The smallest absolute Gasteiger partial charge is 0.319 e. The number of amides is 2. The number of benzene rings is 1. The van der Waals surface area contributed by atoms with Gasteiger partial charge in [0.25, 0.3) is 10.0 Å². The van der Waals surface area contributed by atoms with Crippen molar-refractivity contribution in [3.8, 4) is 0 Å². The summed E-state index contributed by atoms with van der Waals surface area (Å²) in [6.07, 6.45) is 3.10. The molecule has 1 aliphatic carbocycles. The number of anilines is 1. The maximum absolute atomic E-state index is 13.6. The van der Waals surface area contributed by atoms with E-state index in [1.807, 2.05) is 6.92 Å². The lowest BCUT2D eigenvalue weighted by Crippen LogP contribution is -2.33. The Morgan fingerprint density at radius 1 is 1.31 bits per heavy atom. The van der Waals surface area contributed by atoms with Crippen molar-refractivity contribution in [1.82, 2.24) is 10.3 Å². The fourth-order valence-corrected chi connectivity index (χ4v) is 3.72. The zero-order chi connectivity index (χ0) is 20.8. The summed E-state index contributed by atoms with van der Waals surface area (Å²) in [5, 5.41) is 10.9. The fourth-order valence-electron chi connectivity index (χ4n) is 3.27. The average Bonchev–Trinajstić information content (AvgIpc) is 3.45. The number of fused-ring (bicyclic) bond motifs is 1. The molecule has 1 aromatic carbocycles. The second-order valence-corrected chi connectivity index (χ2v) is 8.58. The Morgan fingerprint density at radius 3 is 2.69 bits per heavy atom. The normalized spacial score (nSPS) is 15.3. The number of sulfonamides is 1. The number of aryl methyl sites for hydroxylation is 1. The largest absolute Gasteiger partial charge is 0.459 e. The number of nitrogens with zero attached hydrogens (tertiary/aromatic N) is 1. The second-order valence-electron chi connectivity index (χ2n) is 7.08. The van der Waals surface area contributed by atoms with Gasteiger partial charge < -0.3 is 15.1 Å². The van der Waals surface area contributed by atoms with Gasteiger partial charge in [-0.15, -0.1) is 0 Å². The van der Waals surface area contributed by atoms with E-state index in [0.717, 1.165) is 18.4 Å². The predicted octanol–water partition coefficient (Wildman–Crippen LogP) is 3.20. The third-order valence-electron chi connectivity index (χ3n) is 4.88. The van der Waals surface area contributed by atoms with Crippen LogP contribution in [0.4, 0.5) is 14.9 Å². The molecule has 4 rings (SSSR count). The molecule has 1 atom stereocenters. The van der Waals surface area contributed by atoms with Gasteiger partial charge in [-0.05, 0) is 56.0 Å². The van der Waals surface area contributed by atoms with E-state index >= 15 is 0 Å². The molecule has 0 aliphatic heterocycles. The van der Waals surface area contributed by atoms with Crippen molar-refractivity contribution >= 4 is 32.7 Å². The summed E-state index contributed by atoms with van der Waals surface area (Å²) in [5.41, 5.74) is 1.67. The fraction of sp³-hybridized carbons (Fsp3) is 0.263. The minimum Gasteiger partial charge on any atom is -0.459 e. The molecule has 2 heterocycles. The molecular weight excluding hydrogens is 399 g/mol. The van der Waals surface area contributed by atoms with E-state index in [0.29, 0.717) is 22.4 Å². The van der Waals surface area contributed by atoms with Crippen LogP contribution in [-0.4, -0.2) is 19.4 Å². The monoisotopic (exact) mass is 418 g/mol. The molecule has 152 valence electrons. The van der Waals surface area contributed by atoms with Gasteiger partial charge in [0, 0.05) is 10.9 Å². The molecule has 0 bridgehead atoms. The lowest BCUT2D eigenvalue weighted by Gasteiger charge is -2.17. The van der Waals surface area contributed by atoms with Crippen LogP contribution in [0.25, 0.3) is 11.0 Å². The van der Waals surface area contributed by atoms with Gasteiger partial charge in [-0.25, -0.2) is 27.7 Å². The molecule has 0 radical (unpaired) electrons. The molecular formula is C19H19FN4O4S. The number of rotatable bonds is 5. The molecule has 1 fully saturated rings. The Morgan fingerprint density at radius 2 is 2.07 bits per heavy atom. The van der Waals surface area contributed by atoms with Gasteiger partial charge >= 0.3 is 6.03 Å². The van der Waals surface area contributed by atoms with E-state index in [4.69, 9.17) is 9.56 Å². The Kier molecular flexibility index (Phi) is 4.75. The van der Waals surface area contributed by atoms with Crippen molar-refractivity contribution in [2.24, 2.45) is 11.1 Å². The molecule has 8 nitrogen and oxygen atoms in total. The van der Waals surface area contributed by atoms with Crippen molar-refractivity contribution in [1.29, 1.82) is 0 Å². The predicted molar refractivity (Wildman–Crippen MR) is 104 cm³/mol. The molecule has 1 aliphatic rings. The van der Waals surface area contributed by atoms with Crippen LogP contribution in [0, 0.1) is 18.7 Å². The number of carbonyl (C=O) groups excluding carboxylic acids is 1. The van der Waals surface area contributed by atoms with Crippen molar-refractivity contribution in [3.05, 3.63) is 53.7 Å². The van der Waals surface area contributed by atoms with E-state index in [2.05, 4.69) is 15.6 Å². The summed E-state index contributed by atoms with van der Waals surface area (Å²) in [4.78, 5) is 16.2. The summed E-state index contributed by atoms with van der Waals surface area (Å²) in [7, 11) is -3.91. The highest BCUT2D eigenvalue weighted by Crippen LogP contribution is 2.44. The van der Waals surface area contributed by atoms with Gasteiger partial charge in [0.1, 0.15) is 17.2 Å². The van der Waals surface area contributed by atoms with Gasteiger partial charge in [-0.3, -0.25) is 0 Å². The number of nitrogens with one attached hydrogen (secondary N) is 2. The number of carbonyl (C=O) groups is 1. The number of pyridine rings is 1. The van der Waals surface area contributed by atoms with Crippen LogP contribution in [0.2, 0.25) is 0 Å². The highest BCUT2D eigenvalue weighted by atomic mass is 32.2. The molecule has 3 aromatic rings. The summed E-state index contributed by atoms with van der Waals surface area (Å²) in [5.74, 6) is 0.482. The van der Waals surface area contributed by atoms with Crippen molar-refractivity contribution in [3.63, 3.8) is 0 Å². The average molecular weight is 418 g/mol. The molecule has 0 saturated heterocycles. The molecule has 0 spiro atoms. The zero-order valence-electron chi connectivity index (χ0n) is 15.5. The van der Waals surface area contributed by atoms with Crippen LogP contribution in [0.5, 0.6) is 0 Å². The summed E-state index contributed by atoms with van der Waals surface area (Å²) in [6.45, 7) is 1.84. The molecule has 10 heteroatoms. The van der Waals surface area contributed by atoms with E-state index in [-0.39, 0.29) is 22.8 Å². The Bertz CT molecular complexity index is 1190. The van der Waals surface area contributed by atoms with Crippen LogP contribution in [0.15, 0.2) is 46.0 Å². The van der Waals surface area contributed by atoms with Crippen molar-refractivity contribution in [2.45, 2.75) is 30.8 Å². The summed E-state index contributed by atoms with van der Waals surface area (Å²) < 4.78 is 42.0. The molecule has 29 heavy (non-hydrogen) atoms. The number of aromatic nitrogens is 1. The molecule has 2 aromatic heterocycles. The van der Waals surface area contributed by atoms with Crippen LogP contribution >= 0.6 is 0 Å². The Labute approximate surface area is 166 Å². The van der Waals surface area contributed by atoms with E-state index in [1.165, 1.54) is 30.5 Å². The lowest BCUT2D eigenvalue weighted by molar-refractivity contribution is 0.244. The van der Waals surface area contributed by atoms with Gasteiger partial charge in [-0.1, -0.05) is 0 Å². The number of primary sulfonamides is 1. The molecule has 2 amide bonds. The van der Waals surface area contributed by atoms with Crippen LogP contribution in [0.1, 0.15) is 30.2 Å². The summed E-state index contributed by atoms with van der Waals surface area (Å²) >= 11 is 0. The number of furan rings is 1. The Hall–Kier alpha value is -2.98. The first-order chi connectivity index (χ1) is 13.7. The SMILES string of the molecule is Cc1c([C@H](NC(=O)Nc2ccc(S(N)(=O)=O)nc2)C2CC2)oc2ccc(F)cc12. The standard InChI is InChI=1S/C19H19FN4O4S/c1-10-14-8-12(20)4-6-15(14)28-18(10)17(11-2-3-11)24-19(25)23-13-5-7-16(22-9-13)29(21,26)27/h4-9,11,17H,2-3H2,1H3,(H2,21,26,27)(H2,23,24,25)/t17-/m1/s1. The van der Waals surface area contributed by atoms with Crippen LogP contribution in [-0.2, 0) is 10.0 Å². The summed E-state index contributed by atoms with van der Waals surface area (Å²) in [6, 6.07) is 6.08. The molecule has 0 unspecified atom stereocenters. The van der Waals surface area contributed by atoms with Gasteiger partial charge in [0.15, 0.2) is 5.03 Å². The minimum absolute atomic E-state index is 0.229. The van der Waals surface area contributed by atoms with E-state index in [1.54, 1.807) is 6.07 Å². The van der Waals surface area contributed by atoms with Crippen molar-refractivity contribution < 1.29 is 22.0 Å². The number of urea groups is 1. The number of hydrogen-bond acceptors (Lipinski definition) is 5. The number of hydrogen-bond donors (Lipinski definition) is 3. The Balaban J connectivity index is 1.53. The third-order valence-corrected chi connectivity index (χ3v) is 5.71. The first kappa shape index (κ1) is 19.3. The zero-order valence-corrected chi connectivity index (χ0v) is 16.3. The highest BCUT2D eigenvalue weighted by molar-refractivity contribution is 7.89. The maximum Gasteiger partial charge on any atom is 0.319 e. The van der Waals surface area contributed by atoms with E-state index in [9.17, 15) is 17.6 Å². The first-order valence-electron chi connectivity index (χ1n) is 8.97. The number of halogens is 1. The quantitative estimate of drug-likeness (QED) is 0.586. The minimum atomic E-state index is -3.91. The van der Waals surface area contributed by atoms with Crippen LogP contribution in [0.3, 0.4) is 0 Å². The molecule has 4 N–H and O–H groups in total. The topological polar surface area (TPSA) is 127 Å². The van der Waals surface area contributed by atoms with Gasteiger partial charge in [-0.2, -0.15) is 0 Å². The second kappa shape index (κ2) is 7.12. The van der Waals surface area contributed by atoms with Gasteiger partial charge in [0.2, 0.25) is 0 Å². The third kappa shape index (κ3) is 4.08. The van der Waals surface area contributed by atoms with E-state index < -0.39 is 16.1 Å². The maximum atomic E-state index is 13.6. The lowest BCUT2D eigenvalue weighted by atomic mass is 10.0. The highest BCUT2D eigenvalue weighted by Gasteiger charge is 2.37. The molecule has 1 saturated carbocycles. The van der Waals surface area contributed by atoms with Crippen molar-refractivity contribution in [2.75, 3.05) is 5.32 Å². The van der Waals surface area contributed by atoms with Crippen LogP contribution < -0.4 is 15.8 Å². The first-order valence-corrected chi connectivity index (χ1v) is 10.5. The van der Waals surface area contributed by atoms with Gasteiger partial charge in [0.05, 0.1) is 17.9 Å². The number of nitrogens with two attached hydrogens (primary N) is 1.